The minimum Gasteiger partial charge on any atom is -0.438 e. The number of hydrogen-bond acceptors (Lipinski definition) is 4. The van der Waals surface area contributed by atoms with Gasteiger partial charge in [0.25, 0.3) is 0 Å². The molecule has 0 saturated heterocycles. The number of hydrogen-bond donors (Lipinski definition) is 1. The summed E-state index contributed by atoms with van der Waals surface area (Å²) >= 11 is 0. The summed E-state index contributed by atoms with van der Waals surface area (Å²) in [5.41, 5.74) is 6.82. The summed E-state index contributed by atoms with van der Waals surface area (Å²) in [6.45, 7) is 0. The predicted octanol–water partition coefficient (Wildman–Crippen LogP) is 1.35. The predicted molar refractivity (Wildman–Crippen MR) is 46.6 cm³/mol. The van der Waals surface area contributed by atoms with Crippen LogP contribution in [0.2, 0.25) is 0 Å². The van der Waals surface area contributed by atoms with E-state index in [9.17, 15) is 0 Å². The minimum atomic E-state index is -0.785. The highest BCUT2D eigenvalue weighted by atomic mass is 16.3. The van der Waals surface area contributed by atoms with Crippen molar-refractivity contribution in [2.45, 2.75) is 6.04 Å². The van der Waals surface area contributed by atoms with E-state index in [1.54, 1.807) is 6.07 Å². The van der Waals surface area contributed by atoms with E-state index in [1.165, 1.54) is 0 Å². The minimum absolute atomic E-state index is 0.267. The Balaban J connectivity index is 2.57. The molecule has 0 saturated carbocycles. The van der Waals surface area contributed by atoms with Crippen LogP contribution in [0.1, 0.15) is 11.9 Å². The van der Waals surface area contributed by atoms with E-state index >= 15 is 0 Å². The third-order valence-corrected chi connectivity index (χ3v) is 1.72. The highest BCUT2D eigenvalue weighted by Crippen LogP contribution is 2.17. The number of benzene rings is 1. The van der Waals surface area contributed by atoms with Crippen LogP contribution in [-0.2, 0) is 0 Å². The van der Waals surface area contributed by atoms with Crippen molar-refractivity contribution >= 4 is 11.1 Å². The molecule has 2 rings (SSSR count). The molecule has 0 fully saturated rings. The van der Waals surface area contributed by atoms with Gasteiger partial charge in [0, 0.05) is 0 Å². The van der Waals surface area contributed by atoms with Crippen LogP contribution in [0.25, 0.3) is 11.1 Å². The van der Waals surface area contributed by atoms with Gasteiger partial charge < -0.3 is 10.2 Å². The summed E-state index contributed by atoms with van der Waals surface area (Å²) < 4.78 is 5.26. The summed E-state index contributed by atoms with van der Waals surface area (Å²) in [7, 11) is 0. The second-order valence-corrected chi connectivity index (χ2v) is 2.63. The molecule has 1 atom stereocenters. The zero-order valence-corrected chi connectivity index (χ0v) is 6.77. The van der Waals surface area contributed by atoms with Crippen LogP contribution in [0.3, 0.4) is 0 Å². The second kappa shape index (κ2) is 2.88. The maximum atomic E-state index is 8.54. The molecule has 0 spiro atoms. The smallest absolute Gasteiger partial charge is 0.227 e. The SMILES string of the molecule is N#CC(N)c1nc2ccccc2o1. The van der Waals surface area contributed by atoms with E-state index in [0.717, 1.165) is 5.52 Å². The van der Waals surface area contributed by atoms with Gasteiger partial charge in [0.2, 0.25) is 5.89 Å². The quantitative estimate of drug-likeness (QED) is 0.706. The molecule has 0 aliphatic rings. The van der Waals surface area contributed by atoms with E-state index < -0.39 is 6.04 Å². The van der Waals surface area contributed by atoms with Crippen molar-refractivity contribution in [3.05, 3.63) is 30.2 Å². The topological polar surface area (TPSA) is 75.8 Å². The molecule has 0 radical (unpaired) electrons. The zero-order valence-electron chi connectivity index (χ0n) is 6.77. The monoisotopic (exact) mass is 173 g/mol. The highest BCUT2D eigenvalue weighted by Gasteiger charge is 2.11. The highest BCUT2D eigenvalue weighted by molar-refractivity contribution is 5.72. The van der Waals surface area contributed by atoms with Crippen LogP contribution < -0.4 is 5.73 Å². The Morgan fingerprint density at radius 3 is 2.92 bits per heavy atom. The Bertz CT molecular complexity index is 436. The Morgan fingerprint density at radius 2 is 2.23 bits per heavy atom. The summed E-state index contributed by atoms with van der Waals surface area (Å²) in [6, 6.07) is 8.37. The van der Waals surface area contributed by atoms with Crippen LogP contribution in [-0.4, -0.2) is 4.98 Å². The molecule has 4 heteroatoms. The molecular weight excluding hydrogens is 166 g/mol. The first kappa shape index (κ1) is 7.77. The number of fused-ring (bicyclic) bond motifs is 1. The molecule has 0 bridgehead atoms. The molecule has 1 heterocycles. The van der Waals surface area contributed by atoms with Crippen molar-refractivity contribution in [2.75, 3.05) is 0 Å². The van der Waals surface area contributed by atoms with Gasteiger partial charge in [0.1, 0.15) is 5.52 Å². The standard InChI is InChI=1S/C9H7N3O/c10-5-6(11)9-12-7-3-1-2-4-8(7)13-9/h1-4,6H,11H2. The number of nitrogens with two attached hydrogens (primary N) is 1. The van der Waals surface area contributed by atoms with Crippen molar-refractivity contribution in [3.63, 3.8) is 0 Å². The lowest BCUT2D eigenvalue weighted by atomic mass is 10.3. The summed E-state index contributed by atoms with van der Waals surface area (Å²) in [5, 5.41) is 8.54. The number of para-hydroxylation sites is 2. The normalized spacial score (nSPS) is 12.6. The van der Waals surface area contributed by atoms with Crippen molar-refractivity contribution in [2.24, 2.45) is 5.73 Å². The maximum Gasteiger partial charge on any atom is 0.227 e. The molecule has 2 N–H and O–H groups in total. The number of aromatic nitrogens is 1. The molecule has 1 aromatic heterocycles. The average Bonchev–Trinajstić information content (AvgIpc) is 2.59. The number of oxazole rings is 1. The third-order valence-electron chi connectivity index (χ3n) is 1.72. The molecule has 1 unspecified atom stereocenters. The first-order valence-electron chi connectivity index (χ1n) is 3.82. The van der Waals surface area contributed by atoms with Gasteiger partial charge in [0.15, 0.2) is 11.6 Å². The van der Waals surface area contributed by atoms with Crippen molar-refractivity contribution in [3.8, 4) is 6.07 Å². The molecular formula is C9H7N3O. The molecule has 4 nitrogen and oxygen atoms in total. The zero-order chi connectivity index (χ0) is 9.26. The Morgan fingerprint density at radius 1 is 1.46 bits per heavy atom. The van der Waals surface area contributed by atoms with Gasteiger partial charge in [-0.1, -0.05) is 12.1 Å². The van der Waals surface area contributed by atoms with Crippen LogP contribution >= 0.6 is 0 Å². The van der Waals surface area contributed by atoms with Crippen molar-refractivity contribution < 1.29 is 4.42 Å². The van der Waals surface area contributed by atoms with Gasteiger partial charge in [-0.2, -0.15) is 5.26 Å². The first-order valence-corrected chi connectivity index (χ1v) is 3.82. The third kappa shape index (κ3) is 1.25. The van der Waals surface area contributed by atoms with Gasteiger partial charge in [-0.25, -0.2) is 4.98 Å². The first-order chi connectivity index (χ1) is 6.31. The van der Waals surface area contributed by atoms with Gasteiger partial charge in [-0.3, -0.25) is 0 Å². The fourth-order valence-electron chi connectivity index (χ4n) is 1.08. The second-order valence-electron chi connectivity index (χ2n) is 2.63. The summed E-state index contributed by atoms with van der Waals surface area (Å²) in [6.07, 6.45) is 0. The van der Waals surface area contributed by atoms with E-state index in [1.807, 2.05) is 24.3 Å². The Labute approximate surface area is 74.6 Å². The van der Waals surface area contributed by atoms with E-state index in [2.05, 4.69) is 4.98 Å². The van der Waals surface area contributed by atoms with Gasteiger partial charge >= 0.3 is 0 Å². The van der Waals surface area contributed by atoms with Crippen molar-refractivity contribution in [1.82, 2.24) is 4.98 Å². The largest absolute Gasteiger partial charge is 0.438 e. The fraction of sp³-hybridized carbons (Fsp3) is 0.111. The van der Waals surface area contributed by atoms with Crippen LogP contribution in [0.15, 0.2) is 28.7 Å². The molecule has 0 amide bonds. The van der Waals surface area contributed by atoms with E-state index in [0.29, 0.717) is 5.58 Å². The number of nitrogens with zero attached hydrogens (tertiary/aromatic N) is 2. The summed E-state index contributed by atoms with van der Waals surface area (Å²) in [4.78, 5) is 4.07. The van der Waals surface area contributed by atoms with Crippen LogP contribution in [0.5, 0.6) is 0 Å². The molecule has 0 aliphatic carbocycles. The fourth-order valence-corrected chi connectivity index (χ4v) is 1.08. The molecule has 2 aromatic rings. The van der Waals surface area contributed by atoms with Crippen LogP contribution in [0, 0.1) is 11.3 Å². The summed E-state index contributed by atoms with van der Waals surface area (Å²) in [5.74, 6) is 0.267. The van der Waals surface area contributed by atoms with E-state index in [-0.39, 0.29) is 5.89 Å². The van der Waals surface area contributed by atoms with Gasteiger partial charge in [-0.15, -0.1) is 0 Å². The van der Waals surface area contributed by atoms with Crippen molar-refractivity contribution in [1.29, 1.82) is 5.26 Å². The number of nitriles is 1. The molecule has 64 valence electrons. The van der Waals surface area contributed by atoms with Gasteiger partial charge in [-0.05, 0) is 12.1 Å². The maximum absolute atomic E-state index is 8.54. The van der Waals surface area contributed by atoms with Gasteiger partial charge in [0.05, 0.1) is 6.07 Å². The Kier molecular flexibility index (Phi) is 1.72. The lowest BCUT2D eigenvalue weighted by Gasteiger charge is -1.91. The Hall–Kier alpha value is -1.86. The van der Waals surface area contributed by atoms with Crippen LogP contribution in [0.4, 0.5) is 0 Å². The average molecular weight is 173 g/mol. The lowest BCUT2D eigenvalue weighted by Crippen LogP contribution is -2.06. The molecule has 13 heavy (non-hydrogen) atoms. The lowest BCUT2D eigenvalue weighted by molar-refractivity contribution is 0.513. The van der Waals surface area contributed by atoms with E-state index in [4.69, 9.17) is 15.4 Å². The molecule has 1 aromatic carbocycles. The molecule has 0 aliphatic heterocycles. The number of rotatable bonds is 1.